The second-order valence-corrected chi connectivity index (χ2v) is 7.90. The first kappa shape index (κ1) is 17.8. The van der Waals surface area contributed by atoms with Crippen molar-refractivity contribution in [3.8, 4) is 0 Å². The van der Waals surface area contributed by atoms with Crippen LogP contribution < -0.4 is 5.32 Å². The van der Waals surface area contributed by atoms with Crippen molar-refractivity contribution in [1.29, 1.82) is 0 Å². The van der Waals surface area contributed by atoms with Gasteiger partial charge in [-0.1, -0.05) is 13.8 Å². The number of likely N-dealkylation sites (N-methyl/N-ethyl adjacent to an activating group) is 1. The van der Waals surface area contributed by atoms with E-state index in [1.54, 1.807) is 11.3 Å². The Morgan fingerprint density at radius 1 is 1.42 bits per heavy atom. The van der Waals surface area contributed by atoms with E-state index >= 15 is 0 Å². The van der Waals surface area contributed by atoms with Crippen LogP contribution in [0.5, 0.6) is 0 Å². The number of hydrogen-bond acceptors (Lipinski definition) is 5. The second-order valence-electron chi connectivity index (χ2n) is 6.96. The molecule has 1 amide bonds. The molecule has 0 radical (unpaired) electrons. The minimum atomic E-state index is 0.119. The summed E-state index contributed by atoms with van der Waals surface area (Å²) in [6.45, 7) is 10.4. The van der Waals surface area contributed by atoms with Crippen molar-refractivity contribution in [3.05, 3.63) is 16.1 Å². The largest absolute Gasteiger partial charge is 0.336 e. The topological polar surface area (TPSA) is 48.5 Å². The van der Waals surface area contributed by atoms with Crippen molar-refractivity contribution in [1.82, 2.24) is 20.1 Å². The predicted octanol–water partition coefficient (Wildman–Crippen LogP) is 2.24. The van der Waals surface area contributed by atoms with E-state index in [-0.39, 0.29) is 5.91 Å². The number of likely N-dealkylation sites (tertiary alicyclic amines) is 1. The molecule has 6 heteroatoms. The van der Waals surface area contributed by atoms with Crippen LogP contribution in [0.15, 0.2) is 5.38 Å². The monoisotopic (exact) mass is 350 g/mol. The Kier molecular flexibility index (Phi) is 6.25. The number of rotatable bonds is 6. The van der Waals surface area contributed by atoms with Gasteiger partial charge in [-0.3, -0.25) is 9.69 Å². The number of amides is 1. The van der Waals surface area contributed by atoms with E-state index in [2.05, 4.69) is 29.0 Å². The Morgan fingerprint density at radius 3 is 2.96 bits per heavy atom. The fraction of sp³-hybridized carbons (Fsp3) is 0.778. The number of carbonyl (C=O) groups is 1. The lowest BCUT2D eigenvalue weighted by molar-refractivity contribution is 0.0772. The van der Waals surface area contributed by atoms with Crippen molar-refractivity contribution in [2.45, 2.75) is 45.6 Å². The van der Waals surface area contributed by atoms with E-state index < -0.39 is 0 Å². The van der Waals surface area contributed by atoms with Gasteiger partial charge in [0.1, 0.15) is 5.69 Å². The SMILES string of the molecule is CCN(CC)C1CCN(C(=O)c2csc(CC3CCCNC3)n2)C1. The molecule has 24 heavy (non-hydrogen) atoms. The van der Waals surface area contributed by atoms with Gasteiger partial charge in [0.15, 0.2) is 0 Å². The van der Waals surface area contributed by atoms with Crippen LogP contribution in [0.25, 0.3) is 0 Å². The van der Waals surface area contributed by atoms with Crippen LogP contribution in [0.4, 0.5) is 0 Å². The molecule has 0 bridgehead atoms. The number of thiazole rings is 1. The van der Waals surface area contributed by atoms with Crippen LogP contribution in [-0.4, -0.2) is 66.0 Å². The summed E-state index contributed by atoms with van der Waals surface area (Å²) < 4.78 is 0. The molecule has 5 nitrogen and oxygen atoms in total. The van der Waals surface area contributed by atoms with Gasteiger partial charge in [-0.25, -0.2) is 4.98 Å². The number of nitrogens with zero attached hydrogens (tertiary/aromatic N) is 3. The molecule has 1 N–H and O–H groups in total. The van der Waals surface area contributed by atoms with Gasteiger partial charge in [0.25, 0.3) is 5.91 Å². The van der Waals surface area contributed by atoms with E-state index in [9.17, 15) is 4.79 Å². The van der Waals surface area contributed by atoms with Crippen molar-refractivity contribution in [2.75, 3.05) is 39.3 Å². The molecule has 1 aromatic rings. The molecule has 1 aromatic heterocycles. The molecule has 3 rings (SSSR count). The minimum Gasteiger partial charge on any atom is -0.336 e. The Bertz CT molecular complexity index is 537. The van der Waals surface area contributed by atoms with Crippen molar-refractivity contribution in [2.24, 2.45) is 5.92 Å². The zero-order valence-corrected chi connectivity index (χ0v) is 15.8. The number of nitrogens with one attached hydrogen (secondary N) is 1. The van der Waals surface area contributed by atoms with E-state index in [4.69, 9.17) is 0 Å². The Labute approximate surface area is 149 Å². The molecule has 2 unspecified atom stereocenters. The third kappa shape index (κ3) is 4.16. The average Bonchev–Trinajstić information content (AvgIpc) is 3.26. The summed E-state index contributed by atoms with van der Waals surface area (Å²) in [5, 5.41) is 6.53. The highest BCUT2D eigenvalue weighted by molar-refractivity contribution is 7.09. The first-order valence-electron chi connectivity index (χ1n) is 9.39. The number of aromatic nitrogens is 1. The molecule has 0 saturated carbocycles. The molecule has 134 valence electrons. The quantitative estimate of drug-likeness (QED) is 0.855. The summed E-state index contributed by atoms with van der Waals surface area (Å²) >= 11 is 1.65. The van der Waals surface area contributed by atoms with Crippen LogP contribution in [0.3, 0.4) is 0 Å². The van der Waals surface area contributed by atoms with Gasteiger partial charge in [-0.2, -0.15) is 0 Å². The fourth-order valence-corrected chi connectivity index (χ4v) is 4.86. The van der Waals surface area contributed by atoms with E-state index in [1.165, 1.54) is 12.8 Å². The van der Waals surface area contributed by atoms with Gasteiger partial charge in [0, 0.05) is 30.9 Å². The molecule has 2 aliphatic rings. The molecule has 0 spiro atoms. The van der Waals surface area contributed by atoms with Gasteiger partial charge in [0.2, 0.25) is 0 Å². The van der Waals surface area contributed by atoms with Crippen LogP contribution in [0, 0.1) is 5.92 Å². The Hall–Kier alpha value is -0.980. The lowest BCUT2D eigenvalue weighted by Crippen LogP contribution is -2.38. The summed E-state index contributed by atoms with van der Waals surface area (Å²) in [6, 6.07) is 0.510. The number of piperidine rings is 1. The number of hydrogen-bond donors (Lipinski definition) is 1. The first-order valence-corrected chi connectivity index (χ1v) is 10.3. The maximum absolute atomic E-state index is 12.7. The molecule has 0 aromatic carbocycles. The maximum atomic E-state index is 12.7. The Morgan fingerprint density at radius 2 is 2.25 bits per heavy atom. The molecule has 3 heterocycles. The van der Waals surface area contributed by atoms with Crippen LogP contribution in [-0.2, 0) is 6.42 Å². The van der Waals surface area contributed by atoms with Gasteiger partial charge in [-0.05, 0) is 51.4 Å². The van der Waals surface area contributed by atoms with Crippen molar-refractivity contribution >= 4 is 17.2 Å². The standard InChI is InChI=1S/C18H30N4OS/c1-3-21(4-2)15-7-9-22(12-15)18(23)16-13-24-17(20-16)10-14-6-5-8-19-11-14/h13-15,19H,3-12H2,1-2H3. The Balaban J connectivity index is 1.56. The van der Waals surface area contributed by atoms with Crippen LogP contribution in [0.2, 0.25) is 0 Å². The predicted molar refractivity (Wildman–Crippen MR) is 98.6 cm³/mol. The molecule has 2 saturated heterocycles. The third-order valence-electron chi connectivity index (χ3n) is 5.41. The lowest BCUT2D eigenvalue weighted by atomic mass is 9.97. The summed E-state index contributed by atoms with van der Waals surface area (Å²) in [5.74, 6) is 0.792. The molecular weight excluding hydrogens is 320 g/mol. The van der Waals surface area contributed by atoms with Crippen molar-refractivity contribution < 1.29 is 4.79 Å². The third-order valence-corrected chi connectivity index (χ3v) is 6.28. The molecule has 2 fully saturated rings. The highest BCUT2D eigenvalue weighted by Gasteiger charge is 2.30. The van der Waals surface area contributed by atoms with Crippen molar-refractivity contribution in [3.63, 3.8) is 0 Å². The van der Waals surface area contributed by atoms with Gasteiger partial charge in [-0.15, -0.1) is 11.3 Å². The molecule has 0 aliphatic carbocycles. The minimum absolute atomic E-state index is 0.119. The average molecular weight is 351 g/mol. The van der Waals surface area contributed by atoms with Gasteiger partial charge in [0.05, 0.1) is 5.01 Å². The second kappa shape index (κ2) is 8.41. The summed E-state index contributed by atoms with van der Waals surface area (Å²) in [4.78, 5) is 21.8. The summed E-state index contributed by atoms with van der Waals surface area (Å²) in [6.07, 6.45) is 4.61. The highest BCUT2D eigenvalue weighted by Crippen LogP contribution is 2.22. The smallest absolute Gasteiger partial charge is 0.273 e. The molecular formula is C18H30N4OS. The summed E-state index contributed by atoms with van der Waals surface area (Å²) in [5.41, 5.74) is 0.652. The van der Waals surface area contributed by atoms with Crippen LogP contribution >= 0.6 is 11.3 Å². The normalized spacial score (nSPS) is 24.7. The zero-order chi connectivity index (χ0) is 16.9. The van der Waals surface area contributed by atoms with Crippen LogP contribution in [0.1, 0.15) is 48.6 Å². The zero-order valence-electron chi connectivity index (χ0n) is 15.0. The summed E-state index contributed by atoms with van der Waals surface area (Å²) in [7, 11) is 0. The maximum Gasteiger partial charge on any atom is 0.273 e. The van der Waals surface area contributed by atoms with E-state index in [0.717, 1.165) is 57.1 Å². The molecule has 2 aliphatic heterocycles. The van der Waals surface area contributed by atoms with E-state index in [0.29, 0.717) is 17.7 Å². The fourth-order valence-electron chi connectivity index (χ4n) is 3.97. The van der Waals surface area contributed by atoms with Gasteiger partial charge < -0.3 is 10.2 Å². The molecule has 2 atom stereocenters. The first-order chi connectivity index (χ1) is 11.7. The van der Waals surface area contributed by atoms with Gasteiger partial charge >= 0.3 is 0 Å². The lowest BCUT2D eigenvalue weighted by Gasteiger charge is -2.25. The highest BCUT2D eigenvalue weighted by atomic mass is 32.1. The van der Waals surface area contributed by atoms with E-state index in [1.807, 2.05) is 10.3 Å². The number of carbonyl (C=O) groups excluding carboxylic acids is 1.